The van der Waals surface area contributed by atoms with E-state index in [0.29, 0.717) is 29.1 Å². The van der Waals surface area contributed by atoms with Crippen LogP contribution in [-0.4, -0.2) is 24.9 Å². The molecule has 2 aromatic rings. The highest BCUT2D eigenvalue weighted by Crippen LogP contribution is 2.37. The third kappa shape index (κ3) is 3.05. The first kappa shape index (κ1) is 16.3. The van der Waals surface area contributed by atoms with Gasteiger partial charge in [-0.3, -0.25) is 0 Å². The average Bonchev–Trinajstić information content (AvgIpc) is 2.51. The monoisotopic (exact) mass is 304 g/mol. The van der Waals surface area contributed by atoms with Gasteiger partial charge in [0.05, 0.1) is 12.7 Å². The molecule has 0 saturated heterocycles. The highest BCUT2D eigenvalue weighted by atomic mass is 16.5. The van der Waals surface area contributed by atoms with Gasteiger partial charge in [0.1, 0.15) is 23.5 Å². The van der Waals surface area contributed by atoms with E-state index in [1.54, 1.807) is 25.1 Å². The van der Waals surface area contributed by atoms with Crippen molar-refractivity contribution < 1.29 is 19.0 Å². The van der Waals surface area contributed by atoms with Crippen LogP contribution in [0.3, 0.4) is 0 Å². The van der Waals surface area contributed by atoms with Gasteiger partial charge >= 0.3 is 5.63 Å². The lowest BCUT2D eigenvalue weighted by atomic mass is 9.97. The Morgan fingerprint density at radius 1 is 1.36 bits per heavy atom. The molecule has 1 N–H and O–H groups in total. The Balaban J connectivity index is 2.75. The number of aliphatic hydroxyl groups is 1. The number of ether oxygens (including phenoxy) is 2. The molecule has 1 aromatic heterocycles. The largest absolute Gasteiger partial charge is 0.496 e. The third-order valence-electron chi connectivity index (χ3n) is 3.43. The number of benzene rings is 1. The van der Waals surface area contributed by atoms with Gasteiger partial charge in [-0.25, -0.2) is 4.79 Å². The SMILES string of the molecule is C=C(C)[C@@H](O)[C@H](OCC)c1c(OC)ccc2ccc(=O)oc12. The fourth-order valence-corrected chi connectivity index (χ4v) is 2.35. The van der Waals surface area contributed by atoms with Crippen molar-refractivity contribution >= 4 is 11.0 Å². The van der Waals surface area contributed by atoms with E-state index in [1.165, 1.54) is 13.2 Å². The fourth-order valence-electron chi connectivity index (χ4n) is 2.35. The molecule has 2 rings (SSSR count). The minimum Gasteiger partial charge on any atom is -0.496 e. The molecular formula is C17H20O5. The predicted molar refractivity (Wildman–Crippen MR) is 84.2 cm³/mol. The second-order valence-electron chi connectivity index (χ2n) is 5.02. The van der Waals surface area contributed by atoms with E-state index >= 15 is 0 Å². The molecule has 22 heavy (non-hydrogen) atoms. The van der Waals surface area contributed by atoms with Crippen molar-refractivity contribution in [2.75, 3.05) is 13.7 Å². The van der Waals surface area contributed by atoms with Crippen molar-refractivity contribution in [1.82, 2.24) is 0 Å². The summed E-state index contributed by atoms with van der Waals surface area (Å²) in [5.41, 5.74) is 0.943. The topological polar surface area (TPSA) is 68.9 Å². The van der Waals surface area contributed by atoms with Crippen LogP contribution in [0, 0.1) is 0 Å². The molecule has 0 aliphatic rings. The van der Waals surface area contributed by atoms with Gasteiger partial charge in [0.25, 0.3) is 0 Å². The molecule has 118 valence electrons. The van der Waals surface area contributed by atoms with E-state index in [2.05, 4.69) is 6.58 Å². The van der Waals surface area contributed by atoms with Crippen LogP contribution in [0.1, 0.15) is 25.5 Å². The van der Waals surface area contributed by atoms with Gasteiger partial charge < -0.3 is 19.0 Å². The smallest absolute Gasteiger partial charge is 0.336 e. The second-order valence-corrected chi connectivity index (χ2v) is 5.02. The van der Waals surface area contributed by atoms with Crippen molar-refractivity contribution in [3.63, 3.8) is 0 Å². The van der Waals surface area contributed by atoms with Gasteiger partial charge in [-0.2, -0.15) is 0 Å². The molecule has 5 nitrogen and oxygen atoms in total. The van der Waals surface area contributed by atoms with Crippen molar-refractivity contribution in [3.05, 3.63) is 52.4 Å². The number of rotatable bonds is 6. The quantitative estimate of drug-likeness (QED) is 0.656. The first-order valence-electron chi connectivity index (χ1n) is 7.05. The van der Waals surface area contributed by atoms with E-state index in [1.807, 2.05) is 6.92 Å². The third-order valence-corrected chi connectivity index (χ3v) is 3.43. The maximum Gasteiger partial charge on any atom is 0.336 e. The number of aliphatic hydroxyl groups excluding tert-OH is 1. The average molecular weight is 304 g/mol. The Labute approximate surface area is 128 Å². The summed E-state index contributed by atoms with van der Waals surface area (Å²) in [5.74, 6) is 0.487. The van der Waals surface area contributed by atoms with Crippen LogP contribution in [0.15, 0.2) is 45.6 Å². The molecule has 0 radical (unpaired) electrons. The van der Waals surface area contributed by atoms with Gasteiger partial charge in [0, 0.05) is 18.1 Å². The maximum absolute atomic E-state index is 11.6. The molecule has 0 aliphatic carbocycles. The Morgan fingerprint density at radius 3 is 2.64 bits per heavy atom. The van der Waals surface area contributed by atoms with Gasteiger partial charge in [0.2, 0.25) is 0 Å². The van der Waals surface area contributed by atoms with Crippen LogP contribution in [-0.2, 0) is 4.74 Å². The van der Waals surface area contributed by atoms with E-state index < -0.39 is 17.8 Å². The summed E-state index contributed by atoms with van der Waals surface area (Å²) in [5, 5.41) is 11.2. The van der Waals surface area contributed by atoms with Crippen molar-refractivity contribution in [3.8, 4) is 5.75 Å². The van der Waals surface area contributed by atoms with Crippen LogP contribution in [0.4, 0.5) is 0 Å². The molecule has 0 unspecified atom stereocenters. The first-order chi connectivity index (χ1) is 10.5. The zero-order valence-electron chi connectivity index (χ0n) is 13.0. The Hall–Kier alpha value is -2.11. The predicted octanol–water partition coefficient (Wildman–Crippen LogP) is 2.82. The molecule has 1 heterocycles. The molecule has 1 aromatic carbocycles. The first-order valence-corrected chi connectivity index (χ1v) is 7.05. The second kappa shape index (κ2) is 6.77. The normalized spacial score (nSPS) is 13.8. The Morgan fingerprint density at radius 2 is 2.05 bits per heavy atom. The molecule has 0 saturated carbocycles. The highest BCUT2D eigenvalue weighted by molar-refractivity contribution is 5.82. The molecule has 0 amide bonds. The highest BCUT2D eigenvalue weighted by Gasteiger charge is 2.28. The zero-order chi connectivity index (χ0) is 16.3. The summed E-state index contributed by atoms with van der Waals surface area (Å²) >= 11 is 0. The van der Waals surface area contributed by atoms with E-state index in [4.69, 9.17) is 13.9 Å². The fraction of sp³-hybridized carbons (Fsp3) is 0.353. The summed E-state index contributed by atoms with van der Waals surface area (Å²) in [6.07, 6.45) is -1.67. The summed E-state index contributed by atoms with van der Waals surface area (Å²) < 4.78 is 16.4. The Bertz CT molecular complexity index is 731. The summed E-state index contributed by atoms with van der Waals surface area (Å²) in [4.78, 5) is 11.6. The molecule has 0 bridgehead atoms. The number of hydrogen-bond donors (Lipinski definition) is 1. The lowest BCUT2D eigenvalue weighted by Gasteiger charge is -2.25. The van der Waals surface area contributed by atoms with Crippen LogP contribution < -0.4 is 10.4 Å². The lowest BCUT2D eigenvalue weighted by Crippen LogP contribution is -2.23. The van der Waals surface area contributed by atoms with Crippen molar-refractivity contribution in [2.45, 2.75) is 26.1 Å². The van der Waals surface area contributed by atoms with Crippen LogP contribution >= 0.6 is 0 Å². The summed E-state index contributed by atoms with van der Waals surface area (Å²) in [6.45, 7) is 7.69. The standard InChI is InChI=1S/C17H20O5/c1-5-21-17(15(19)10(2)3)14-12(20-4)8-6-11-7-9-13(18)22-16(11)14/h6-9,15,17,19H,2,5H2,1,3-4H3/t15-,17-/m1/s1. The van der Waals surface area contributed by atoms with Gasteiger partial charge in [-0.05, 0) is 37.6 Å². The number of fused-ring (bicyclic) bond motifs is 1. The van der Waals surface area contributed by atoms with Crippen LogP contribution in [0.2, 0.25) is 0 Å². The van der Waals surface area contributed by atoms with E-state index in [0.717, 1.165) is 5.39 Å². The molecular weight excluding hydrogens is 284 g/mol. The molecule has 0 spiro atoms. The van der Waals surface area contributed by atoms with E-state index in [-0.39, 0.29) is 0 Å². The number of methoxy groups -OCH3 is 1. The van der Waals surface area contributed by atoms with Crippen LogP contribution in [0.5, 0.6) is 5.75 Å². The van der Waals surface area contributed by atoms with Crippen molar-refractivity contribution in [1.29, 1.82) is 0 Å². The molecule has 2 atom stereocenters. The van der Waals surface area contributed by atoms with Gasteiger partial charge in [0.15, 0.2) is 0 Å². The molecule has 0 aliphatic heterocycles. The minimum atomic E-state index is -0.940. The van der Waals surface area contributed by atoms with Crippen LogP contribution in [0.25, 0.3) is 11.0 Å². The Kier molecular flexibility index (Phi) is 5.00. The summed E-state index contributed by atoms with van der Waals surface area (Å²) in [7, 11) is 1.52. The van der Waals surface area contributed by atoms with Gasteiger partial charge in [-0.15, -0.1) is 0 Å². The zero-order valence-corrected chi connectivity index (χ0v) is 13.0. The molecule has 5 heteroatoms. The number of hydrogen-bond acceptors (Lipinski definition) is 5. The van der Waals surface area contributed by atoms with Crippen molar-refractivity contribution in [2.24, 2.45) is 0 Å². The lowest BCUT2D eigenvalue weighted by molar-refractivity contribution is -0.0188. The van der Waals surface area contributed by atoms with E-state index in [9.17, 15) is 9.90 Å². The minimum absolute atomic E-state index is 0.352. The maximum atomic E-state index is 11.6. The van der Waals surface area contributed by atoms with Gasteiger partial charge in [-0.1, -0.05) is 6.58 Å². The molecule has 0 fully saturated rings. The summed E-state index contributed by atoms with van der Waals surface area (Å²) in [6, 6.07) is 6.56.